The van der Waals surface area contributed by atoms with Gasteiger partial charge in [-0.2, -0.15) is 0 Å². The molecule has 0 saturated carbocycles. The Bertz CT molecular complexity index is 951. The summed E-state index contributed by atoms with van der Waals surface area (Å²) in [5.74, 6) is 2.01. The molecular weight excluding hydrogens is 378 g/mol. The number of hydrogen-bond acceptors (Lipinski definition) is 7. The van der Waals surface area contributed by atoms with E-state index >= 15 is 0 Å². The molecule has 0 saturated heterocycles. The van der Waals surface area contributed by atoms with Crippen LogP contribution in [0.1, 0.15) is 32.4 Å². The fourth-order valence-electron chi connectivity index (χ4n) is 2.63. The second-order valence-electron chi connectivity index (χ2n) is 6.36. The third kappa shape index (κ3) is 4.36. The number of anilines is 1. The normalized spacial score (nSPS) is 11.0. The summed E-state index contributed by atoms with van der Waals surface area (Å²) < 4.78 is 12.5. The van der Waals surface area contributed by atoms with Gasteiger partial charge in [0.1, 0.15) is 5.75 Å². The highest BCUT2D eigenvalue weighted by Crippen LogP contribution is 2.30. The number of amides is 1. The van der Waals surface area contributed by atoms with E-state index in [-0.39, 0.29) is 17.6 Å². The van der Waals surface area contributed by atoms with Gasteiger partial charge in [0.25, 0.3) is 0 Å². The minimum atomic E-state index is -0.194. The number of nitrogens with zero attached hydrogens (tertiary/aromatic N) is 4. The lowest BCUT2D eigenvalue weighted by Gasteiger charge is -2.10. The molecule has 0 fully saturated rings. The predicted octanol–water partition coefficient (Wildman–Crippen LogP) is 3.82. The summed E-state index contributed by atoms with van der Waals surface area (Å²) in [6.07, 6.45) is 0. The van der Waals surface area contributed by atoms with Crippen LogP contribution in [-0.2, 0) is 11.3 Å². The Kier molecular flexibility index (Phi) is 6.35. The fourth-order valence-corrected chi connectivity index (χ4v) is 3.43. The monoisotopic (exact) mass is 401 g/mol. The quantitative estimate of drug-likeness (QED) is 0.573. The molecule has 148 valence electrons. The Morgan fingerprint density at radius 2 is 2.11 bits per heavy atom. The maximum absolute atomic E-state index is 12.2. The molecule has 1 N–H and O–H groups in total. The van der Waals surface area contributed by atoms with Gasteiger partial charge in [-0.05, 0) is 25.0 Å². The van der Waals surface area contributed by atoms with Crippen molar-refractivity contribution in [3.8, 4) is 17.1 Å². The maximum atomic E-state index is 12.2. The van der Waals surface area contributed by atoms with Crippen LogP contribution < -0.4 is 10.1 Å². The summed E-state index contributed by atoms with van der Waals surface area (Å²) in [7, 11) is 1.62. The number of rotatable bonds is 8. The van der Waals surface area contributed by atoms with Gasteiger partial charge in [-0.25, -0.2) is 0 Å². The standard InChI is InChI=1S/C19H23N5O3S/c1-5-24-18(13-8-6-7-9-15(13)26-4)21-22-19(24)28-11-16(25)20-17-10-14(12(2)3)23-27-17/h6-10,12H,5,11H2,1-4H3,(H,20,25). The molecule has 9 heteroatoms. The first kappa shape index (κ1) is 19.9. The van der Waals surface area contributed by atoms with Crippen LogP contribution in [0.5, 0.6) is 5.75 Å². The summed E-state index contributed by atoms with van der Waals surface area (Å²) in [6, 6.07) is 9.39. The second-order valence-corrected chi connectivity index (χ2v) is 7.30. The average molecular weight is 401 g/mol. The average Bonchev–Trinajstić information content (AvgIpc) is 3.33. The van der Waals surface area contributed by atoms with Crippen molar-refractivity contribution < 1.29 is 14.1 Å². The Morgan fingerprint density at radius 3 is 2.79 bits per heavy atom. The third-order valence-electron chi connectivity index (χ3n) is 4.10. The van der Waals surface area contributed by atoms with Crippen LogP contribution in [-0.4, -0.2) is 38.7 Å². The SMILES string of the molecule is CCn1c(SCC(=O)Nc2cc(C(C)C)no2)nnc1-c1ccccc1OC. The van der Waals surface area contributed by atoms with Crippen LogP contribution in [0, 0.1) is 0 Å². The van der Waals surface area contributed by atoms with Crippen LogP contribution in [0.15, 0.2) is 40.0 Å². The van der Waals surface area contributed by atoms with E-state index in [1.165, 1.54) is 11.8 Å². The highest BCUT2D eigenvalue weighted by atomic mass is 32.2. The van der Waals surface area contributed by atoms with Crippen LogP contribution in [0.4, 0.5) is 5.88 Å². The van der Waals surface area contributed by atoms with Crippen LogP contribution in [0.2, 0.25) is 0 Å². The number of methoxy groups -OCH3 is 1. The molecule has 28 heavy (non-hydrogen) atoms. The molecule has 0 aliphatic rings. The lowest BCUT2D eigenvalue weighted by atomic mass is 10.1. The van der Waals surface area contributed by atoms with Crippen molar-refractivity contribution in [2.24, 2.45) is 0 Å². The fraction of sp³-hybridized carbons (Fsp3) is 0.368. The number of aromatic nitrogens is 4. The van der Waals surface area contributed by atoms with E-state index in [0.717, 1.165) is 17.0 Å². The molecule has 2 heterocycles. The minimum Gasteiger partial charge on any atom is -0.496 e. The van der Waals surface area contributed by atoms with E-state index in [1.807, 2.05) is 49.6 Å². The van der Waals surface area contributed by atoms with Gasteiger partial charge < -0.3 is 13.8 Å². The minimum absolute atomic E-state index is 0.182. The number of ether oxygens (including phenoxy) is 1. The first-order chi connectivity index (χ1) is 13.5. The number of carbonyl (C=O) groups is 1. The zero-order valence-electron chi connectivity index (χ0n) is 16.3. The highest BCUT2D eigenvalue weighted by Gasteiger charge is 2.18. The largest absolute Gasteiger partial charge is 0.496 e. The number of para-hydroxylation sites is 1. The van der Waals surface area contributed by atoms with Gasteiger partial charge in [-0.3, -0.25) is 10.1 Å². The first-order valence-electron chi connectivity index (χ1n) is 8.99. The molecule has 0 aliphatic heterocycles. The van der Waals surface area contributed by atoms with Crippen LogP contribution in [0.25, 0.3) is 11.4 Å². The number of benzene rings is 1. The third-order valence-corrected chi connectivity index (χ3v) is 5.06. The zero-order valence-corrected chi connectivity index (χ0v) is 17.1. The van der Waals surface area contributed by atoms with Gasteiger partial charge in [-0.15, -0.1) is 10.2 Å². The Labute approximate surface area is 167 Å². The molecular formula is C19H23N5O3S. The van der Waals surface area contributed by atoms with E-state index in [1.54, 1.807) is 13.2 Å². The van der Waals surface area contributed by atoms with Crippen molar-refractivity contribution in [1.29, 1.82) is 0 Å². The molecule has 0 aliphatic carbocycles. The van der Waals surface area contributed by atoms with Crippen molar-refractivity contribution in [2.45, 2.75) is 38.4 Å². The van der Waals surface area contributed by atoms with Crippen molar-refractivity contribution in [3.05, 3.63) is 36.0 Å². The summed E-state index contributed by atoms with van der Waals surface area (Å²) >= 11 is 1.32. The van der Waals surface area contributed by atoms with Crippen LogP contribution in [0.3, 0.4) is 0 Å². The van der Waals surface area contributed by atoms with Gasteiger partial charge in [0.05, 0.1) is 24.1 Å². The van der Waals surface area contributed by atoms with Crippen LogP contribution >= 0.6 is 11.8 Å². The molecule has 0 bridgehead atoms. The van der Waals surface area contributed by atoms with Gasteiger partial charge in [0, 0.05) is 12.6 Å². The lowest BCUT2D eigenvalue weighted by Crippen LogP contribution is -2.14. The number of thioether (sulfide) groups is 1. The molecule has 8 nitrogen and oxygen atoms in total. The van der Waals surface area contributed by atoms with Gasteiger partial charge in [-0.1, -0.05) is 42.9 Å². The van der Waals surface area contributed by atoms with E-state index < -0.39 is 0 Å². The Morgan fingerprint density at radius 1 is 1.32 bits per heavy atom. The van der Waals surface area contributed by atoms with Gasteiger partial charge >= 0.3 is 0 Å². The maximum Gasteiger partial charge on any atom is 0.237 e. The summed E-state index contributed by atoms with van der Waals surface area (Å²) in [5.41, 5.74) is 1.66. The van der Waals surface area contributed by atoms with Crippen molar-refractivity contribution in [2.75, 3.05) is 18.2 Å². The lowest BCUT2D eigenvalue weighted by molar-refractivity contribution is -0.113. The first-order valence-corrected chi connectivity index (χ1v) is 9.97. The molecule has 0 spiro atoms. The second kappa shape index (κ2) is 8.92. The topological polar surface area (TPSA) is 95.1 Å². The van der Waals surface area contributed by atoms with E-state index in [2.05, 4.69) is 20.7 Å². The summed E-state index contributed by atoms with van der Waals surface area (Å²) in [5, 5.41) is 15.9. The zero-order chi connectivity index (χ0) is 20.1. The molecule has 0 unspecified atom stereocenters. The Hall–Kier alpha value is -2.81. The van der Waals surface area contributed by atoms with Crippen molar-refractivity contribution in [3.63, 3.8) is 0 Å². The molecule has 2 aromatic heterocycles. The van der Waals surface area contributed by atoms with E-state index in [4.69, 9.17) is 9.26 Å². The molecule has 3 rings (SSSR count). The number of nitrogens with one attached hydrogen (secondary N) is 1. The number of hydrogen-bond donors (Lipinski definition) is 1. The number of carbonyl (C=O) groups excluding carboxylic acids is 1. The predicted molar refractivity (Wildman–Crippen MR) is 108 cm³/mol. The molecule has 1 amide bonds. The van der Waals surface area contributed by atoms with Crippen molar-refractivity contribution >= 4 is 23.6 Å². The van der Waals surface area contributed by atoms with E-state index in [0.29, 0.717) is 23.4 Å². The molecule has 3 aromatic rings. The molecule has 1 aromatic carbocycles. The van der Waals surface area contributed by atoms with Crippen molar-refractivity contribution in [1.82, 2.24) is 19.9 Å². The Balaban J connectivity index is 1.69. The highest BCUT2D eigenvalue weighted by molar-refractivity contribution is 7.99. The summed E-state index contributed by atoms with van der Waals surface area (Å²) in [6.45, 7) is 6.70. The molecule has 0 radical (unpaired) electrons. The van der Waals surface area contributed by atoms with Gasteiger partial charge in [0.2, 0.25) is 11.8 Å². The summed E-state index contributed by atoms with van der Waals surface area (Å²) in [4.78, 5) is 12.2. The molecule has 0 atom stereocenters. The van der Waals surface area contributed by atoms with E-state index in [9.17, 15) is 4.79 Å². The smallest absolute Gasteiger partial charge is 0.237 e. The van der Waals surface area contributed by atoms with Gasteiger partial charge in [0.15, 0.2) is 11.0 Å².